The summed E-state index contributed by atoms with van der Waals surface area (Å²) in [6, 6.07) is 9.64. The van der Waals surface area contributed by atoms with Crippen LogP contribution in [0.25, 0.3) is 0 Å². The van der Waals surface area contributed by atoms with Crippen LogP contribution in [-0.2, 0) is 20.3 Å². The fraction of sp³-hybridized carbons (Fsp3) is 0.625. The van der Waals surface area contributed by atoms with Gasteiger partial charge in [-0.25, -0.2) is 0 Å². The van der Waals surface area contributed by atoms with Crippen molar-refractivity contribution in [1.29, 1.82) is 0 Å². The zero-order chi connectivity index (χ0) is 14.6. The summed E-state index contributed by atoms with van der Waals surface area (Å²) in [7, 11) is -1.01. The largest absolute Gasteiger partial charge is 0.350 e. The summed E-state index contributed by atoms with van der Waals surface area (Å²) in [5, 5.41) is 0. The molecule has 0 bridgehead atoms. The smallest absolute Gasteiger partial charge is 0.162 e. The van der Waals surface area contributed by atoms with Crippen LogP contribution < -0.4 is 0 Å². The third-order valence-corrected chi connectivity index (χ3v) is 5.35. The molecule has 2 rings (SSSR count). The number of ether oxygens (including phenoxy) is 2. The molecule has 0 spiro atoms. The molecule has 0 N–H and O–H groups in total. The standard InChI is InChI=1S/C16H24O3S/c1-4-10-16(11-18-15(2,3)19-12-16)13-20(17)14-8-6-5-7-9-14/h5-9H,4,10-13H2,1-3H3. The highest BCUT2D eigenvalue weighted by atomic mass is 32.2. The molecule has 4 heteroatoms. The van der Waals surface area contributed by atoms with Crippen LogP contribution in [-0.4, -0.2) is 29.0 Å². The van der Waals surface area contributed by atoms with Crippen LogP contribution in [0.2, 0.25) is 0 Å². The molecule has 112 valence electrons. The maximum atomic E-state index is 12.6. The minimum atomic E-state index is -1.01. The Balaban J connectivity index is 2.08. The lowest BCUT2D eigenvalue weighted by Crippen LogP contribution is -2.49. The SMILES string of the molecule is CCCC1(CS(=O)c2ccccc2)COC(C)(C)OC1. The fourth-order valence-corrected chi connectivity index (χ4v) is 4.00. The zero-order valence-corrected chi connectivity index (χ0v) is 13.4. The van der Waals surface area contributed by atoms with Gasteiger partial charge in [0.05, 0.1) is 24.0 Å². The highest BCUT2D eigenvalue weighted by Gasteiger charge is 2.40. The Labute approximate surface area is 124 Å². The van der Waals surface area contributed by atoms with Gasteiger partial charge in [0, 0.05) is 16.1 Å². The van der Waals surface area contributed by atoms with Crippen molar-refractivity contribution in [3.05, 3.63) is 30.3 Å². The van der Waals surface area contributed by atoms with Gasteiger partial charge in [0.2, 0.25) is 0 Å². The summed E-state index contributed by atoms with van der Waals surface area (Å²) in [5.41, 5.74) is -0.134. The molecule has 20 heavy (non-hydrogen) atoms. The minimum absolute atomic E-state index is 0.134. The Morgan fingerprint density at radius 2 is 1.75 bits per heavy atom. The van der Waals surface area contributed by atoms with Gasteiger partial charge in [-0.05, 0) is 32.4 Å². The molecule has 0 saturated carbocycles. The lowest BCUT2D eigenvalue weighted by Gasteiger charge is -2.43. The predicted molar refractivity (Wildman–Crippen MR) is 81.0 cm³/mol. The van der Waals surface area contributed by atoms with Crippen LogP contribution in [0, 0.1) is 5.41 Å². The zero-order valence-electron chi connectivity index (χ0n) is 12.6. The molecule has 0 aliphatic carbocycles. The summed E-state index contributed by atoms with van der Waals surface area (Å²) in [4.78, 5) is 0.882. The van der Waals surface area contributed by atoms with Gasteiger partial charge in [-0.2, -0.15) is 0 Å². The molecule has 1 fully saturated rings. The average molecular weight is 296 g/mol. The quantitative estimate of drug-likeness (QED) is 0.836. The van der Waals surface area contributed by atoms with Crippen LogP contribution in [0.15, 0.2) is 35.2 Å². The predicted octanol–water partition coefficient (Wildman–Crippen LogP) is 3.36. The Hall–Kier alpha value is -0.710. The van der Waals surface area contributed by atoms with Gasteiger partial charge in [-0.15, -0.1) is 0 Å². The summed E-state index contributed by atoms with van der Waals surface area (Å²) in [5.74, 6) is 0.0758. The van der Waals surface area contributed by atoms with Gasteiger partial charge >= 0.3 is 0 Å². The first-order chi connectivity index (χ1) is 9.46. The van der Waals surface area contributed by atoms with E-state index in [2.05, 4.69) is 6.92 Å². The van der Waals surface area contributed by atoms with E-state index in [4.69, 9.17) is 9.47 Å². The molecule has 1 atom stereocenters. The number of hydrogen-bond donors (Lipinski definition) is 0. The van der Waals surface area contributed by atoms with Crippen molar-refractivity contribution in [3.63, 3.8) is 0 Å². The molecule has 1 aromatic rings. The van der Waals surface area contributed by atoms with Gasteiger partial charge in [0.25, 0.3) is 0 Å². The van der Waals surface area contributed by atoms with Crippen molar-refractivity contribution in [2.24, 2.45) is 5.41 Å². The molecule has 1 saturated heterocycles. The Morgan fingerprint density at radius 3 is 2.30 bits per heavy atom. The number of benzene rings is 1. The summed E-state index contributed by atoms with van der Waals surface area (Å²) < 4.78 is 24.2. The molecule has 0 amide bonds. The minimum Gasteiger partial charge on any atom is -0.350 e. The molecule has 1 aliphatic rings. The van der Waals surface area contributed by atoms with Crippen molar-refractivity contribution in [3.8, 4) is 0 Å². The van der Waals surface area contributed by atoms with E-state index in [0.717, 1.165) is 17.7 Å². The van der Waals surface area contributed by atoms with Gasteiger partial charge in [0.1, 0.15) is 0 Å². The van der Waals surface area contributed by atoms with Gasteiger partial charge in [-0.1, -0.05) is 31.5 Å². The van der Waals surface area contributed by atoms with E-state index >= 15 is 0 Å². The van der Waals surface area contributed by atoms with Gasteiger partial charge in [0.15, 0.2) is 5.79 Å². The Morgan fingerprint density at radius 1 is 1.15 bits per heavy atom. The van der Waals surface area contributed by atoms with Crippen molar-refractivity contribution in [2.45, 2.75) is 44.3 Å². The van der Waals surface area contributed by atoms with Crippen LogP contribution in [0.4, 0.5) is 0 Å². The Kier molecular flexibility index (Phi) is 4.99. The summed E-state index contributed by atoms with van der Waals surface area (Å²) in [6.45, 7) is 7.24. The maximum absolute atomic E-state index is 12.6. The maximum Gasteiger partial charge on any atom is 0.162 e. The van der Waals surface area contributed by atoms with Crippen molar-refractivity contribution in [2.75, 3.05) is 19.0 Å². The highest BCUT2D eigenvalue weighted by Crippen LogP contribution is 2.35. The second-order valence-corrected chi connectivity index (χ2v) is 7.48. The van der Waals surface area contributed by atoms with E-state index in [1.807, 2.05) is 44.2 Å². The van der Waals surface area contributed by atoms with E-state index in [-0.39, 0.29) is 5.41 Å². The first-order valence-electron chi connectivity index (χ1n) is 7.18. The van der Waals surface area contributed by atoms with E-state index in [1.54, 1.807) is 0 Å². The molecule has 3 nitrogen and oxygen atoms in total. The third kappa shape index (κ3) is 3.90. The van der Waals surface area contributed by atoms with Gasteiger partial charge in [-0.3, -0.25) is 4.21 Å². The lowest BCUT2D eigenvalue weighted by atomic mass is 9.86. The normalized spacial score (nSPS) is 22.4. The fourth-order valence-electron chi connectivity index (χ4n) is 2.50. The second-order valence-electron chi connectivity index (χ2n) is 6.03. The van der Waals surface area contributed by atoms with Crippen molar-refractivity contribution >= 4 is 10.8 Å². The summed E-state index contributed by atoms with van der Waals surface area (Å²) in [6.07, 6.45) is 2.01. The first-order valence-corrected chi connectivity index (χ1v) is 8.50. The topological polar surface area (TPSA) is 35.5 Å². The number of hydrogen-bond acceptors (Lipinski definition) is 3. The van der Waals surface area contributed by atoms with Crippen LogP contribution in [0.3, 0.4) is 0 Å². The molecule has 1 aromatic carbocycles. The highest BCUT2D eigenvalue weighted by molar-refractivity contribution is 7.85. The van der Waals surface area contributed by atoms with Crippen LogP contribution >= 0.6 is 0 Å². The molecular formula is C16H24O3S. The molecule has 1 aliphatic heterocycles. The first kappa shape index (κ1) is 15.7. The molecular weight excluding hydrogens is 272 g/mol. The van der Waals surface area contributed by atoms with E-state index in [1.165, 1.54) is 0 Å². The monoisotopic (exact) mass is 296 g/mol. The molecule has 0 aromatic heterocycles. The van der Waals surface area contributed by atoms with E-state index in [0.29, 0.717) is 19.0 Å². The third-order valence-electron chi connectivity index (χ3n) is 3.68. The molecule has 1 unspecified atom stereocenters. The van der Waals surface area contributed by atoms with Crippen molar-refractivity contribution in [1.82, 2.24) is 0 Å². The Bertz CT molecular complexity index is 446. The summed E-state index contributed by atoms with van der Waals surface area (Å²) >= 11 is 0. The van der Waals surface area contributed by atoms with Crippen LogP contribution in [0.1, 0.15) is 33.6 Å². The van der Waals surface area contributed by atoms with E-state index < -0.39 is 16.6 Å². The average Bonchev–Trinajstić information content (AvgIpc) is 2.44. The van der Waals surface area contributed by atoms with Gasteiger partial charge < -0.3 is 9.47 Å². The van der Waals surface area contributed by atoms with Crippen LogP contribution in [0.5, 0.6) is 0 Å². The molecule has 1 heterocycles. The molecule has 0 radical (unpaired) electrons. The second kappa shape index (κ2) is 6.37. The number of rotatable bonds is 5. The van der Waals surface area contributed by atoms with E-state index in [9.17, 15) is 4.21 Å². The van der Waals surface area contributed by atoms with Crippen molar-refractivity contribution < 1.29 is 13.7 Å². The lowest BCUT2D eigenvalue weighted by molar-refractivity contribution is -0.282.